The summed E-state index contributed by atoms with van der Waals surface area (Å²) in [5, 5.41) is 40.1. The maximum Gasteiger partial charge on any atom is 0.326 e. The van der Waals surface area contributed by atoms with Gasteiger partial charge < -0.3 is 100 Å². The lowest BCUT2D eigenvalue weighted by molar-refractivity contribution is -0.140. The SMILES string of the molecule is COc1ccc(NC(=O)C(CCCCN)NC(=O)c2cc(NC(=O)C(CCCCN)NC(=O)c3cc(NC(=O)C(CCCCN)NC(=O)c4cc(NC(=O)C(N)CCCCN)ccc4OC)ccc3OC)ccc2OC)cc1C(=O)NC(CCC(=O)O)C(=O)O. The van der Waals surface area contributed by atoms with E-state index in [-0.39, 0.29) is 100 Å². The molecule has 0 aliphatic rings. The summed E-state index contributed by atoms with van der Waals surface area (Å²) in [5.41, 5.74) is 29.2. The van der Waals surface area contributed by atoms with Gasteiger partial charge in [0.2, 0.25) is 23.6 Å². The molecule has 490 valence electrons. The zero-order chi connectivity index (χ0) is 66.3. The normalized spacial score (nSPS) is 12.5. The number of hydrogen-bond acceptors (Lipinski definition) is 19. The van der Waals surface area contributed by atoms with Crippen molar-refractivity contribution < 1.29 is 77.1 Å². The fourth-order valence-electron chi connectivity index (χ4n) is 9.17. The zero-order valence-electron chi connectivity index (χ0n) is 51.0. The second-order valence-corrected chi connectivity index (χ2v) is 20.7. The highest BCUT2D eigenvalue weighted by Crippen LogP contribution is 2.28. The predicted octanol–water partition coefficient (Wildman–Crippen LogP) is 2.76. The summed E-state index contributed by atoms with van der Waals surface area (Å²) in [6.07, 6.45) is 3.85. The van der Waals surface area contributed by atoms with Crippen LogP contribution in [0.25, 0.3) is 0 Å². The Labute approximate surface area is 521 Å². The quantitative estimate of drug-likeness (QED) is 0.0285. The molecule has 20 N–H and O–H groups in total. The zero-order valence-corrected chi connectivity index (χ0v) is 51.0. The van der Waals surface area contributed by atoms with Crippen molar-refractivity contribution in [3.8, 4) is 23.0 Å². The average Bonchev–Trinajstić information content (AvgIpc) is 1.37. The third-order valence-corrected chi connectivity index (χ3v) is 14.1. The molecule has 0 bridgehead atoms. The molecule has 4 rings (SSSR count). The molecule has 29 heteroatoms. The van der Waals surface area contributed by atoms with Gasteiger partial charge in [0, 0.05) is 29.2 Å². The predicted molar refractivity (Wildman–Crippen MR) is 336 cm³/mol. The van der Waals surface area contributed by atoms with E-state index in [1.165, 1.54) is 95.2 Å². The minimum Gasteiger partial charge on any atom is -0.496 e. The Kier molecular flexibility index (Phi) is 30.9. The van der Waals surface area contributed by atoms with Gasteiger partial charge >= 0.3 is 11.9 Å². The van der Waals surface area contributed by atoms with Crippen LogP contribution in [0.2, 0.25) is 0 Å². The summed E-state index contributed by atoms with van der Waals surface area (Å²) < 4.78 is 21.8. The van der Waals surface area contributed by atoms with Gasteiger partial charge in [0.25, 0.3) is 23.6 Å². The fraction of sp³-hybridized carbons (Fsp3) is 0.443. The topological polar surface area (TPSA) is 474 Å². The van der Waals surface area contributed by atoms with E-state index in [0.717, 1.165) is 0 Å². The lowest BCUT2D eigenvalue weighted by atomic mass is 10.1. The molecular formula is C61H85N13O16. The number of nitrogens with one attached hydrogen (secondary N) is 8. The first-order chi connectivity index (χ1) is 43.1. The molecule has 0 aromatic heterocycles. The number of rotatable bonds is 40. The number of nitrogens with two attached hydrogens (primary N) is 5. The molecule has 0 heterocycles. The van der Waals surface area contributed by atoms with Gasteiger partial charge in [-0.15, -0.1) is 0 Å². The van der Waals surface area contributed by atoms with E-state index < -0.39 is 102 Å². The highest BCUT2D eigenvalue weighted by Gasteiger charge is 2.30. The maximum absolute atomic E-state index is 14.3. The van der Waals surface area contributed by atoms with Crippen LogP contribution < -0.4 is 90.2 Å². The van der Waals surface area contributed by atoms with Gasteiger partial charge in [0.15, 0.2) is 0 Å². The van der Waals surface area contributed by atoms with Crippen molar-refractivity contribution in [1.29, 1.82) is 0 Å². The molecule has 0 aliphatic carbocycles. The van der Waals surface area contributed by atoms with E-state index >= 15 is 0 Å². The van der Waals surface area contributed by atoms with Gasteiger partial charge in [-0.2, -0.15) is 0 Å². The number of anilines is 4. The molecule has 90 heavy (non-hydrogen) atoms. The monoisotopic (exact) mass is 1260 g/mol. The standard InChI is InChI=1S/C61H85N13O16/c1-87-48-22-17-35(67-57(81)43(66)13-5-9-27-62)31-39(48)53(77)71-44(14-6-10-28-63)58(82)68-36-18-23-49(88-2)40(32-36)54(78)72-45(15-7-11-29-64)59(83)69-37-19-24-50(89-3)41(33-37)55(79)73-46(16-8-12-30-65)60(84)70-38-20-25-51(90-4)42(34-38)56(80)74-47(61(85)86)21-26-52(75)76/h17-20,22-25,31-34,43-47H,5-16,21,26-30,62-66H2,1-4H3,(H,67,81)(H,68,82)(H,69,83)(H,70,84)(H,71,77)(H,72,78)(H,73,79)(H,74,80)(H,75,76)(H,85,86). The molecule has 5 atom stereocenters. The van der Waals surface area contributed by atoms with Gasteiger partial charge in [0.05, 0.1) is 56.7 Å². The minimum atomic E-state index is -1.56. The third kappa shape index (κ3) is 22.9. The number of carboxylic acids is 2. The van der Waals surface area contributed by atoms with Crippen LogP contribution in [0.4, 0.5) is 22.7 Å². The number of carbonyl (C=O) groups excluding carboxylic acids is 8. The largest absolute Gasteiger partial charge is 0.496 e. The van der Waals surface area contributed by atoms with Gasteiger partial charge in [-0.1, -0.05) is 6.42 Å². The Morgan fingerprint density at radius 3 is 0.900 bits per heavy atom. The van der Waals surface area contributed by atoms with E-state index in [1.807, 2.05) is 0 Å². The van der Waals surface area contributed by atoms with E-state index in [1.54, 1.807) is 6.07 Å². The first-order valence-corrected chi connectivity index (χ1v) is 29.3. The number of amides is 8. The molecule has 4 aromatic rings. The molecule has 29 nitrogen and oxygen atoms in total. The number of aliphatic carboxylic acids is 2. The lowest BCUT2D eigenvalue weighted by Crippen LogP contribution is -2.44. The van der Waals surface area contributed by atoms with Crippen molar-refractivity contribution >= 4 is 81.9 Å². The molecule has 0 saturated carbocycles. The Balaban J connectivity index is 1.56. The summed E-state index contributed by atoms with van der Waals surface area (Å²) in [7, 11) is 5.26. The van der Waals surface area contributed by atoms with Crippen LogP contribution in [-0.4, -0.2) is 154 Å². The molecule has 4 aromatic carbocycles. The van der Waals surface area contributed by atoms with Gasteiger partial charge in [-0.3, -0.25) is 43.2 Å². The molecule has 0 aliphatic heterocycles. The van der Waals surface area contributed by atoms with Crippen LogP contribution in [0.15, 0.2) is 72.8 Å². The summed E-state index contributed by atoms with van der Waals surface area (Å²) >= 11 is 0. The minimum absolute atomic E-state index is 0.00658. The second kappa shape index (κ2) is 38.1. The van der Waals surface area contributed by atoms with Crippen molar-refractivity contribution in [3.05, 3.63) is 95.1 Å². The Morgan fingerprint density at radius 2 is 0.644 bits per heavy atom. The summed E-state index contributed by atoms with van der Waals surface area (Å²) in [5.74, 6) is -8.18. The summed E-state index contributed by atoms with van der Waals surface area (Å²) in [6, 6.07) is 10.9. The second-order valence-electron chi connectivity index (χ2n) is 20.7. The van der Waals surface area contributed by atoms with Gasteiger partial charge in [-0.25, -0.2) is 4.79 Å². The molecular weight excluding hydrogens is 1170 g/mol. The molecule has 0 fully saturated rings. The molecule has 0 radical (unpaired) electrons. The van der Waals surface area contributed by atoms with Crippen molar-refractivity contribution in [2.45, 2.75) is 120 Å². The Morgan fingerprint density at radius 1 is 0.378 bits per heavy atom. The highest BCUT2D eigenvalue weighted by atomic mass is 16.5. The maximum atomic E-state index is 14.3. The van der Waals surface area contributed by atoms with Crippen molar-refractivity contribution in [2.24, 2.45) is 28.7 Å². The van der Waals surface area contributed by atoms with Crippen LogP contribution in [0, 0.1) is 0 Å². The summed E-state index contributed by atoms with van der Waals surface area (Å²) in [4.78, 5) is 134. The Bertz CT molecular complexity index is 3130. The third-order valence-electron chi connectivity index (χ3n) is 14.1. The summed E-state index contributed by atoms with van der Waals surface area (Å²) in [6.45, 7) is 1.33. The lowest BCUT2D eigenvalue weighted by Gasteiger charge is -2.22. The molecule has 5 unspecified atom stereocenters. The van der Waals surface area contributed by atoms with Crippen LogP contribution in [-0.2, 0) is 28.8 Å². The first-order valence-electron chi connectivity index (χ1n) is 29.3. The number of ether oxygens (including phenoxy) is 4. The van der Waals surface area contributed by atoms with Crippen LogP contribution >= 0.6 is 0 Å². The van der Waals surface area contributed by atoms with Gasteiger partial charge in [-0.05, 0) is 176 Å². The number of carboxylic acid groups (broad SMARTS) is 2. The highest BCUT2D eigenvalue weighted by molar-refractivity contribution is 6.08. The fourth-order valence-corrected chi connectivity index (χ4v) is 9.17. The van der Waals surface area contributed by atoms with Crippen LogP contribution in [0.5, 0.6) is 23.0 Å². The Hall–Kier alpha value is -9.42. The molecule has 0 saturated heterocycles. The van der Waals surface area contributed by atoms with E-state index in [9.17, 15) is 53.1 Å². The smallest absolute Gasteiger partial charge is 0.326 e. The number of carbonyl (C=O) groups is 10. The number of methoxy groups -OCH3 is 4. The number of benzene rings is 4. The molecule has 8 amide bonds. The average molecular weight is 1260 g/mol. The first kappa shape index (κ1) is 73.1. The van der Waals surface area contributed by atoms with Crippen LogP contribution in [0.1, 0.15) is 131 Å². The number of unbranched alkanes of at least 4 members (excludes halogenated alkanes) is 4. The number of hydrogen-bond donors (Lipinski definition) is 15. The van der Waals surface area contributed by atoms with Crippen molar-refractivity contribution in [3.63, 3.8) is 0 Å². The molecule has 0 spiro atoms. The van der Waals surface area contributed by atoms with Crippen molar-refractivity contribution in [2.75, 3.05) is 75.9 Å². The van der Waals surface area contributed by atoms with Crippen molar-refractivity contribution in [1.82, 2.24) is 21.3 Å². The van der Waals surface area contributed by atoms with E-state index in [4.69, 9.17) is 52.7 Å². The van der Waals surface area contributed by atoms with Gasteiger partial charge in [0.1, 0.15) is 47.2 Å². The van der Waals surface area contributed by atoms with E-state index in [0.29, 0.717) is 70.9 Å². The van der Waals surface area contributed by atoms with Crippen LogP contribution in [0.3, 0.4) is 0 Å². The van der Waals surface area contributed by atoms with E-state index in [2.05, 4.69) is 42.5 Å².